The maximum absolute atomic E-state index is 13.2. The van der Waals surface area contributed by atoms with E-state index in [1.165, 1.54) is 103 Å². The quantitative estimate of drug-likeness (QED) is 0.286. The van der Waals surface area contributed by atoms with Crippen LogP contribution in [0.4, 0.5) is 0 Å². The van der Waals surface area contributed by atoms with Crippen LogP contribution in [0.3, 0.4) is 0 Å². The van der Waals surface area contributed by atoms with Crippen molar-refractivity contribution in [2.24, 2.45) is 0 Å². The van der Waals surface area contributed by atoms with Gasteiger partial charge in [0.1, 0.15) is 0 Å². The van der Waals surface area contributed by atoms with Crippen molar-refractivity contribution >= 4 is 35.2 Å². The highest BCUT2D eigenvalue weighted by Gasteiger charge is 2.31. The minimum atomic E-state index is 0.156. The molecule has 0 aliphatic carbocycles. The monoisotopic (exact) mass is 681 g/mol. The van der Waals surface area contributed by atoms with Gasteiger partial charge in [-0.05, 0) is 55.8 Å². The van der Waals surface area contributed by atoms with E-state index in [-0.39, 0.29) is 17.7 Å². The number of nitrogens with zero attached hydrogens (tertiary/aromatic N) is 1. The van der Waals surface area contributed by atoms with E-state index in [1.54, 1.807) is 0 Å². The maximum atomic E-state index is 13.2. The Morgan fingerprint density at radius 1 is 0.479 bits per heavy atom. The third kappa shape index (κ3) is 17.4. The van der Waals surface area contributed by atoms with Crippen molar-refractivity contribution in [1.82, 2.24) is 15.5 Å². The number of nitrogens with one attached hydrogen (secondary N) is 2. The van der Waals surface area contributed by atoms with E-state index in [0.29, 0.717) is 12.8 Å². The largest absolute Gasteiger partial charge is 0.356 e. The van der Waals surface area contributed by atoms with Crippen molar-refractivity contribution in [3.8, 4) is 0 Å². The molecule has 2 N–H and O–H groups in total. The van der Waals surface area contributed by atoms with Crippen LogP contribution in [-0.4, -0.2) is 48.0 Å². The summed E-state index contributed by atoms with van der Waals surface area (Å²) in [5, 5.41) is 8.46. The fraction of sp³-hybridized carbons (Fsp3) is 0.732. The first-order chi connectivity index (χ1) is 23.7. The molecule has 7 heteroatoms. The summed E-state index contributed by atoms with van der Waals surface area (Å²) in [6.07, 6.45) is 29.7. The molecule has 0 saturated carbocycles. The number of hydrogen-bond donors (Lipinski definition) is 2. The molecule has 1 aromatic carbocycles. The lowest BCUT2D eigenvalue weighted by molar-refractivity contribution is -0.122. The lowest BCUT2D eigenvalue weighted by atomic mass is 10.1. The van der Waals surface area contributed by atoms with Gasteiger partial charge >= 0.3 is 0 Å². The molecule has 0 fully saturated rings. The number of carbonyl (C=O) groups excluding carboxylic acids is 3. The normalized spacial score (nSPS) is 22.9. The highest BCUT2D eigenvalue weighted by atomic mass is 32.2. The van der Waals surface area contributed by atoms with E-state index >= 15 is 0 Å². The van der Waals surface area contributed by atoms with Crippen molar-refractivity contribution < 1.29 is 14.4 Å². The number of rotatable bonds is 0. The van der Waals surface area contributed by atoms with E-state index < -0.39 is 0 Å². The number of hydrogen-bond acceptors (Lipinski definition) is 4. The highest BCUT2D eigenvalue weighted by Crippen LogP contribution is 2.34. The topological polar surface area (TPSA) is 78.5 Å². The van der Waals surface area contributed by atoms with Crippen LogP contribution in [0.15, 0.2) is 29.7 Å². The van der Waals surface area contributed by atoms with Gasteiger partial charge in [-0.2, -0.15) is 0 Å². The van der Waals surface area contributed by atoms with Crippen molar-refractivity contribution in [3.63, 3.8) is 0 Å². The van der Waals surface area contributed by atoms with Gasteiger partial charge in [-0.15, -0.1) is 11.8 Å². The van der Waals surface area contributed by atoms with Crippen LogP contribution < -0.4 is 10.6 Å². The van der Waals surface area contributed by atoms with E-state index in [2.05, 4.69) is 22.1 Å². The molecule has 2 aliphatic heterocycles. The van der Waals surface area contributed by atoms with Gasteiger partial charge < -0.3 is 15.5 Å². The molecule has 0 bridgehead atoms. The van der Waals surface area contributed by atoms with Gasteiger partial charge in [-0.25, -0.2) is 0 Å². The predicted octanol–water partition coefficient (Wildman–Crippen LogP) is 10.6. The molecule has 0 unspecified atom stereocenters. The minimum Gasteiger partial charge on any atom is -0.356 e. The van der Waals surface area contributed by atoms with Crippen molar-refractivity contribution in [1.29, 1.82) is 0 Å². The third-order valence-corrected chi connectivity index (χ3v) is 10.8. The molecule has 48 heavy (non-hydrogen) atoms. The Hall–Kier alpha value is -2.28. The molecule has 3 rings (SSSR count). The highest BCUT2D eigenvalue weighted by molar-refractivity contribution is 8.02. The third-order valence-electron chi connectivity index (χ3n) is 9.86. The summed E-state index contributed by atoms with van der Waals surface area (Å²) in [5.41, 5.74) is 3.02. The average molecular weight is 682 g/mol. The molecule has 270 valence electrons. The smallest absolute Gasteiger partial charge is 0.258 e. The molecule has 0 spiro atoms. The Kier molecular flexibility index (Phi) is 22.2. The lowest BCUT2D eigenvalue weighted by Crippen LogP contribution is -2.24. The maximum Gasteiger partial charge on any atom is 0.258 e. The van der Waals surface area contributed by atoms with Crippen LogP contribution in [0.2, 0.25) is 0 Å². The van der Waals surface area contributed by atoms with E-state index in [1.807, 2.05) is 34.9 Å². The zero-order chi connectivity index (χ0) is 33.9. The summed E-state index contributed by atoms with van der Waals surface area (Å²) in [4.78, 5) is 39.6. The number of benzene rings is 1. The average Bonchev–Trinajstić information content (AvgIpc) is 3.36. The Bertz CT molecular complexity index is 1070. The number of thioether (sulfide) groups is 1. The predicted molar refractivity (Wildman–Crippen MR) is 204 cm³/mol. The van der Waals surface area contributed by atoms with Crippen molar-refractivity contribution in [2.45, 2.75) is 167 Å². The standard InChI is InChI=1S/C41H67N3O3S/c45-39-29-19-13-7-1-3-9-15-23-31-42-40(46)30-20-14-8-2-5-11-17-25-33-44-38(36-27-21-22-28-37(36)41(44)47)35-48-34-26-18-12-6-4-10-16-24-32-43-39/h21-22,27-28,35H,1-20,23-26,29-34H2,(H,42,46)(H,43,45)/b38-35+. The first kappa shape index (κ1) is 40.2. The molecule has 6 nitrogen and oxygen atoms in total. The second kappa shape index (κ2) is 26.6. The first-order valence-electron chi connectivity index (χ1n) is 19.9. The fourth-order valence-electron chi connectivity index (χ4n) is 6.87. The van der Waals surface area contributed by atoms with Gasteiger partial charge in [-0.3, -0.25) is 14.4 Å². The van der Waals surface area contributed by atoms with Crippen LogP contribution in [0.1, 0.15) is 183 Å². The molecule has 0 radical (unpaired) electrons. The second-order valence-corrected chi connectivity index (χ2v) is 15.0. The Morgan fingerprint density at radius 2 is 0.896 bits per heavy atom. The Balaban J connectivity index is 1.36. The summed E-state index contributed by atoms with van der Waals surface area (Å²) >= 11 is 1.86. The zero-order valence-electron chi connectivity index (χ0n) is 30.2. The van der Waals surface area contributed by atoms with Gasteiger partial charge in [0.25, 0.3) is 5.91 Å². The molecule has 1 aromatic rings. The number of amides is 3. The summed E-state index contributed by atoms with van der Waals surface area (Å²) in [6, 6.07) is 8.08. The SMILES string of the molecule is O=C1CCCCCCCCCCNC(=O)CCCCCCCCCCN2C(=O)c3ccccc3/C2=C\SCCCCCCCCCCN1. The van der Waals surface area contributed by atoms with E-state index in [4.69, 9.17) is 0 Å². The molecule has 0 atom stereocenters. The Morgan fingerprint density at radius 3 is 1.42 bits per heavy atom. The van der Waals surface area contributed by atoms with Gasteiger partial charge in [0, 0.05) is 43.6 Å². The minimum absolute atomic E-state index is 0.156. The molecule has 0 saturated heterocycles. The summed E-state index contributed by atoms with van der Waals surface area (Å²) in [7, 11) is 0. The molecule has 0 aromatic heterocycles. The second-order valence-electron chi connectivity index (χ2n) is 14.1. The van der Waals surface area contributed by atoms with Crippen LogP contribution >= 0.6 is 11.8 Å². The zero-order valence-corrected chi connectivity index (χ0v) is 31.0. The molecule has 2 heterocycles. The lowest BCUT2D eigenvalue weighted by Gasteiger charge is -2.18. The van der Waals surface area contributed by atoms with Crippen LogP contribution in [-0.2, 0) is 9.59 Å². The van der Waals surface area contributed by atoms with Crippen LogP contribution in [0.5, 0.6) is 0 Å². The van der Waals surface area contributed by atoms with Crippen LogP contribution in [0, 0.1) is 0 Å². The van der Waals surface area contributed by atoms with Crippen molar-refractivity contribution in [2.75, 3.05) is 25.4 Å². The van der Waals surface area contributed by atoms with Gasteiger partial charge in [0.15, 0.2) is 0 Å². The molecular weight excluding hydrogens is 615 g/mol. The number of fused-ring (bicyclic) bond motifs is 3. The molecule has 3 amide bonds. The summed E-state index contributed by atoms with van der Waals surface area (Å²) in [6.45, 7) is 2.42. The Labute approximate surface area is 297 Å². The first-order valence-corrected chi connectivity index (χ1v) is 21.0. The summed E-state index contributed by atoms with van der Waals surface area (Å²) < 4.78 is 0. The van der Waals surface area contributed by atoms with Crippen LogP contribution in [0.25, 0.3) is 5.70 Å². The number of carbonyl (C=O) groups is 3. The van der Waals surface area contributed by atoms with E-state index in [9.17, 15) is 14.4 Å². The molecule has 2 aliphatic rings. The van der Waals surface area contributed by atoms with Gasteiger partial charge in [-0.1, -0.05) is 134 Å². The van der Waals surface area contributed by atoms with Crippen molar-refractivity contribution in [3.05, 3.63) is 40.8 Å². The summed E-state index contributed by atoms with van der Waals surface area (Å²) in [5.74, 6) is 1.68. The van der Waals surface area contributed by atoms with E-state index in [0.717, 1.165) is 93.6 Å². The van der Waals surface area contributed by atoms with Gasteiger partial charge in [0.2, 0.25) is 11.8 Å². The fourth-order valence-corrected chi connectivity index (χ4v) is 7.77. The molecular formula is C41H67N3O3S. The van der Waals surface area contributed by atoms with Gasteiger partial charge in [0.05, 0.1) is 5.70 Å².